The van der Waals surface area contributed by atoms with Crippen LogP contribution in [0.1, 0.15) is 17.9 Å². The number of methoxy groups -OCH3 is 1. The van der Waals surface area contributed by atoms with E-state index in [2.05, 4.69) is 0 Å². The first-order chi connectivity index (χ1) is 9.75. The van der Waals surface area contributed by atoms with E-state index < -0.39 is 11.9 Å². The highest BCUT2D eigenvalue weighted by Crippen LogP contribution is 2.16. The molecule has 1 unspecified atom stereocenters. The van der Waals surface area contributed by atoms with Gasteiger partial charge in [0.2, 0.25) is 0 Å². The third-order valence-corrected chi connectivity index (χ3v) is 2.79. The molecule has 0 bridgehead atoms. The fraction of sp³-hybridized carbons (Fsp3) is 0.533. The van der Waals surface area contributed by atoms with Crippen molar-refractivity contribution >= 4 is 5.97 Å². The maximum Gasteiger partial charge on any atom is 0.313 e. The summed E-state index contributed by atoms with van der Waals surface area (Å²) >= 11 is 0. The third kappa shape index (κ3) is 6.65. The van der Waals surface area contributed by atoms with E-state index in [0.29, 0.717) is 26.4 Å². The Kier molecular flexibility index (Phi) is 8.62. The standard InChI is InChI=1S/C15H22O5/c1-18-8-5-9-19-10-11-20-12-14(15(16)17)13-6-3-2-4-7-13/h2-4,6-7,14H,5,8-12H2,1H3,(H,16,17). The fourth-order valence-electron chi connectivity index (χ4n) is 1.72. The molecule has 5 nitrogen and oxygen atoms in total. The molecule has 0 fully saturated rings. The van der Waals surface area contributed by atoms with Crippen molar-refractivity contribution in [3.8, 4) is 0 Å². The molecule has 0 saturated carbocycles. The molecule has 1 aromatic rings. The molecular weight excluding hydrogens is 260 g/mol. The first kappa shape index (κ1) is 16.6. The van der Waals surface area contributed by atoms with E-state index in [1.165, 1.54) is 0 Å². The molecule has 0 amide bonds. The Balaban J connectivity index is 2.19. The normalized spacial score (nSPS) is 12.2. The van der Waals surface area contributed by atoms with Crippen molar-refractivity contribution in [2.75, 3.05) is 40.1 Å². The van der Waals surface area contributed by atoms with Crippen molar-refractivity contribution in [3.63, 3.8) is 0 Å². The zero-order valence-electron chi connectivity index (χ0n) is 11.8. The van der Waals surface area contributed by atoms with Gasteiger partial charge < -0.3 is 19.3 Å². The van der Waals surface area contributed by atoms with Crippen molar-refractivity contribution < 1.29 is 24.1 Å². The van der Waals surface area contributed by atoms with Crippen LogP contribution in [-0.4, -0.2) is 51.2 Å². The van der Waals surface area contributed by atoms with E-state index in [4.69, 9.17) is 14.2 Å². The Bertz CT molecular complexity index is 366. The van der Waals surface area contributed by atoms with Crippen LogP contribution in [-0.2, 0) is 19.0 Å². The summed E-state index contributed by atoms with van der Waals surface area (Å²) in [4.78, 5) is 11.2. The molecule has 0 aliphatic rings. The van der Waals surface area contributed by atoms with Crippen LogP contribution in [0.25, 0.3) is 0 Å². The number of carboxylic acids is 1. The molecule has 0 spiro atoms. The summed E-state index contributed by atoms with van der Waals surface area (Å²) in [5.74, 6) is -1.51. The van der Waals surface area contributed by atoms with Gasteiger partial charge in [0, 0.05) is 20.3 Å². The third-order valence-electron chi connectivity index (χ3n) is 2.79. The van der Waals surface area contributed by atoms with Gasteiger partial charge in [-0.3, -0.25) is 4.79 Å². The monoisotopic (exact) mass is 282 g/mol. The van der Waals surface area contributed by atoms with E-state index >= 15 is 0 Å². The van der Waals surface area contributed by atoms with Gasteiger partial charge in [-0.2, -0.15) is 0 Å². The van der Waals surface area contributed by atoms with Crippen LogP contribution >= 0.6 is 0 Å². The van der Waals surface area contributed by atoms with Crippen LogP contribution in [0.4, 0.5) is 0 Å². The maximum atomic E-state index is 11.2. The Morgan fingerprint density at radius 1 is 1.10 bits per heavy atom. The van der Waals surface area contributed by atoms with Gasteiger partial charge in [0.25, 0.3) is 0 Å². The van der Waals surface area contributed by atoms with Crippen molar-refractivity contribution in [2.24, 2.45) is 0 Å². The molecule has 1 atom stereocenters. The molecule has 0 aliphatic carbocycles. The second kappa shape index (κ2) is 10.4. The average molecular weight is 282 g/mol. The molecule has 112 valence electrons. The summed E-state index contributed by atoms with van der Waals surface area (Å²) in [7, 11) is 1.65. The number of aliphatic carboxylic acids is 1. The van der Waals surface area contributed by atoms with Crippen LogP contribution in [0.15, 0.2) is 30.3 Å². The lowest BCUT2D eigenvalue weighted by Gasteiger charge is -2.13. The van der Waals surface area contributed by atoms with Crippen LogP contribution in [0.2, 0.25) is 0 Å². The number of carboxylic acid groups (broad SMARTS) is 1. The van der Waals surface area contributed by atoms with E-state index in [0.717, 1.165) is 12.0 Å². The number of benzene rings is 1. The predicted octanol–water partition coefficient (Wildman–Crippen LogP) is 1.92. The van der Waals surface area contributed by atoms with E-state index in [-0.39, 0.29) is 6.61 Å². The lowest BCUT2D eigenvalue weighted by Crippen LogP contribution is -2.19. The molecule has 1 N–H and O–H groups in total. The van der Waals surface area contributed by atoms with Crippen molar-refractivity contribution in [1.82, 2.24) is 0 Å². The molecule has 20 heavy (non-hydrogen) atoms. The highest BCUT2D eigenvalue weighted by Gasteiger charge is 2.19. The van der Waals surface area contributed by atoms with Gasteiger partial charge >= 0.3 is 5.97 Å². The second-order valence-electron chi connectivity index (χ2n) is 4.34. The minimum absolute atomic E-state index is 0.154. The van der Waals surface area contributed by atoms with Crippen molar-refractivity contribution in [1.29, 1.82) is 0 Å². The topological polar surface area (TPSA) is 65.0 Å². The van der Waals surface area contributed by atoms with Crippen LogP contribution in [0.3, 0.4) is 0 Å². The maximum absolute atomic E-state index is 11.2. The summed E-state index contributed by atoms with van der Waals surface area (Å²) in [5, 5.41) is 9.20. The second-order valence-corrected chi connectivity index (χ2v) is 4.34. The summed E-state index contributed by atoms with van der Waals surface area (Å²) in [6.45, 7) is 2.31. The van der Waals surface area contributed by atoms with Gasteiger partial charge in [-0.25, -0.2) is 0 Å². The lowest BCUT2D eigenvalue weighted by atomic mass is 10.0. The summed E-state index contributed by atoms with van der Waals surface area (Å²) in [6, 6.07) is 9.10. The molecule has 1 rings (SSSR count). The van der Waals surface area contributed by atoms with Gasteiger partial charge in [0.15, 0.2) is 0 Å². The summed E-state index contributed by atoms with van der Waals surface area (Å²) in [6.07, 6.45) is 0.846. The number of ether oxygens (including phenoxy) is 3. The Morgan fingerprint density at radius 2 is 1.80 bits per heavy atom. The number of hydrogen-bond acceptors (Lipinski definition) is 4. The fourth-order valence-corrected chi connectivity index (χ4v) is 1.72. The van der Waals surface area contributed by atoms with Gasteiger partial charge in [0.05, 0.1) is 19.8 Å². The Morgan fingerprint density at radius 3 is 2.45 bits per heavy atom. The van der Waals surface area contributed by atoms with E-state index in [1.54, 1.807) is 19.2 Å². The van der Waals surface area contributed by atoms with Gasteiger partial charge in [-0.05, 0) is 12.0 Å². The smallest absolute Gasteiger partial charge is 0.313 e. The highest BCUT2D eigenvalue weighted by atomic mass is 16.5. The predicted molar refractivity (Wildman–Crippen MR) is 74.9 cm³/mol. The molecule has 1 aromatic carbocycles. The average Bonchev–Trinajstić information content (AvgIpc) is 2.46. The van der Waals surface area contributed by atoms with Crippen LogP contribution in [0, 0.1) is 0 Å². The number of hydrogen-bond donors (Lipinski definition) is 1. The van der Waals surface area contributed by atoms with Gasteiger partial charge in [-0.15, -0.1) is 0 Å². The Labute approximate surface area is 119 Å². The minimum Gasteiger partial charge on any atom is -0.481 e. The number of carbonyl (C=O) groups is 1. The molecule has 0 heterocycles. The molecule has 0 radical (unpaired) electrons. The molecule has 5 heteroatoms. The zero-order chi connectivity index (χ0) is 14.6. The van der Waals surface area contributed by atoms with Crippen molar-refractivity contribution in [2.45, 2.75) is 12.3 Å². The van der Waals surface area contributed by atoms with E-state index in [9.17, 15) is 9.90 Å². The van der Waals surface area contributed by atoms with Crippen molar-refractivity contribution in [3.05, 3.63) is 35.9 Å². The first-order valence-electron chi connectivity index (χ1n) is 6.68. The summed E-state index contributed by atoms with van der Waals surface area (Å²) < 4.78 is 15.6. The quantitative estimate of drug-likeness (QED) is 0.628. The summed E-state index contributed by atoms with van der Waals surface area (Å²) in [5.41, 5.74) is 0.751. The van der Waals surface area contributed by atoms with Crippen LogP contribution in [0.5, 0.6) is 0 Å². The van der Waals surface area contributed by atoms with Gasteiger partial charge in [0.1, 0.15) is 5.92 Å². The van der Waals surface area contributed by atoms with Crippen LogP contribution < -0.4 is 0 Å². The Hall–Kier alpha value is -1.43. The van der Waals surface area contributed by atoms with Gasteiger partial charge in [-0.1, -0.05) is 30.3 Å². The lowest BCUT2D eigenvalue weighted by molar-refractivity contribution is -0.140. The molecule has 0 aromatic heterocycles. The highest BCUT2D eigenvalue weighted by molar-refractivity contribution is 5.76. The zero-order valence-corrected chi connectivity index (χ0v) is 11.8. The largest absolute Gasteiger partial charge is 0.481 e. The molecule has 0 aliphatic heterocycles. The first-order valence-corrected chi connectivity index (χ1v) is 6.68. The number of rotatable bonds is 11. The SMILES string of the molecule is COCCCOCCOCC(C(=O)O)c1ccccc1. The van der Waals surface area contributed by atoms with E-state index in [1.807, 2.05) is 18.2 Å². The molecular formula is C15H22O5. The molecule has 0 saturated heterocycles. The minimum atomic E-state index is -0.878.